The summed E-state index contributed by atoms with van der Waals surface area (Å²) in [5.41, 5.74) is 3.99. The smallest absolute Gasteiger partial charge is 0.246 e. The lowest BCUT2D eigenvalue weighted by molar-refractivity contribution is -0.126. The predicted octanol–water partition coefficient (Wildman–Crippen LogP) is 3.15. The Labute approximate surface area is 199 Å². The van der Waals surface area contributed by atoms with Gasteiger partial charge in [-0.15, -0.1) is 0 Å². The van der Waals surface area contributed by atoms with Crippen LogP contribution in [0.25, 0.3) is 0 Å². The normalized spacial score (nSPS) is 20.3. The van der Waals surface area contributed by atoms with Gasteiger partial charge in [-0.25, -0.2) is 8.78 Å². The summed E-state index contributed by atoms with van der Waals surface area (Å²) in [4.78, 5) is 16.9. The number of benzene rings is 1. The topological polar surface area (TPSA) is 83.5 Å². The fourth-order valence-electron chi connectivity index (χ4n) is 5.33. The maximum atomic E-state index is 13.7. The van der Waals surface area contributed by atoms with E-state index in [-0.39, 0.29) is 31.0 Å². The Bertz CT molecular complexity index is 1010. The quantitative estimate of drug-likeness (QED) is 0.521. The van der Waals surface area contributed by atoms with E-state index >= 15 is 0 Å². The molecule has 1 spiro atoms. The van der Waals surface area contributed by atoms with Crippen LogP contribution in [0.15, 0.2) is 30.5 Å². The van der Waals surface area contributed by atoms with Gasteiger partial charge in [0.2, 0.25) is 5.91 Å². The first-order valence-corrected chi connectivity index (χ1v) is 11.9. The van der Waals surface area contributed by atoms with E-state index in [9.17, 15) is 18.7 Å². The molecule has 1 fully saturated rings. The molecule has 6 nitrogen and oxygen atoms in total. The summed E-state index contributed by atoms with van der Waals surface area (Å²) in [6.07, 6.45) is 6.58. The minimum atomic E-state index is -0.979. The Morgan fingerprint density at radius 2 is 2.00 bits per heavy atom. The first-order chi connectivity index (χ1) is 16.3. The van der Waals surface area contributed by atoms with Gasteiger partial charge in [0.1, 0.15) is 18.2 Å². The van der Waals surface area contributed by atoms with Gasteiger partial charge in [-0.05, 0) is 73.3 Å². The maximum Gasteiger partial charge on any atom is 0.246 e. The van der Waals surface area contributed by atoms with Gasteiger partial charge in [-0.3, -0.25) is 9.78 Å². The van der Waals surface area contributed by atoms with Gasteiger partial charge in [0.15, 0.2) is 0 Å². The van der Waals surface area contributed by atoms with Crippen molar-refractivity contribution in [1.82, 2.24) is 15.6 Å². The van der Waals surface area contributed by atoms with Crippen molar-refractivity contribution in [3.63, 3.8) is 0 Å². The molecule has 2 aliphatic rings. The number of ether oxygens (including phenoxy) is 1. The highest BCUT2D eigenvalue weighted by Crippen LogP contribution is 2.52. The molecule has 0 bridgehead atoms. The van der Waals surface area contributed by atoms with Crippen LogP contribution < -0.4 is 10.6 Å². The number of methoxy groups -OCH3 is 1. The number of aliphatic hydroxyl groups excluding tert-OH is 1. The monoisotopic (exact) mass is 473 g/mol. The second-order valence-electron chi connectivity index (χ2n) is 9.90. The van der Waals surface area contributed by atoms with Crippen molar-refractivity contribution >= 4 is 5.91 Å². The van der Waals surface area contributed by atoms with Crippen molar-refractivity contribution in [1.29, 1.82) is 0 Å². The number of halogens is 2. The van der Waals surface area contributed by atoms with Gasteiger partial charge in [-0.2, -0.15) is 0 Å². The molecule has 184 valence electrons. The first-order valence-electron chi connectivity index (χ1n) is 11.9. The molecule has 8 heteroatoms. The van der Waals surface area contributed by atoms with E-state index in [0.29, 0.717) is 5.56 Å². The molecule has 0 radical (unpaired) electrons. The van der Waals surface area contributed by atoms with E-state index in [2.05, 4.69) is 16.7 Å². The molecule has 2 aromatic rings. The molecule has 1 amide bonds. The molecule has 0 unspecified atom stereocenters. The molecule has 4 rings (SSSR count). The lowest BCUT2D eigenvalue weighted by atomic mass is 9.59. The Kier molecular flexibility index (Phi) is 7.60. The summed E-state index contributed by atoms with van der Waals surface area (Å²) in [6.45, 7) is 2.06. The third-order valence-electron chi connectivity index (χ3n) is 7.15. The molecular formula is C26H33F2N3O3. The molecule has 3 atom stereocenters. The van der Waals surface area contributed by atoms with E-state index in [1.807, 2.05) is 13.1 Å². The number of amides is 1. The number of carbonyl (C=O) groups is 1. The average Bonchev–Trinajstić information content (AvgIpc) is 2.75. The molecule has 3 N–H and O–H groups in total. The lowest BCUT2D eigenvalue weighted by Crippen LogP contribution is -2.51. The highest BCUT2D eigenvalue weighted by molar-refractivity contribution is 5.77. The number of pyridine rings is 1. The van der Waals surface area contributed by atoms with Crippen LogP contribution in [0.2, 0.25) is 0 Å². The van der Waals surface area contributed by atoms with Gasteiger partial charge in [-0.1, -0.05) is 12.5 Å². The Morgan fingerprint density at radius 3 is 2.65 bits per heavy atom. The minimum Gasteiger partial charge on any atom is -0.390 e. The number of nitrogens with one attached hydrogen (secondary N) is 2. The Balaban J connectivity index is 1.48. The molecule has 1 aromatic carbocycles. The highest BCUT2D eigenvalue weighted by atomic mass is 19.1. The van der Waals surface area contributed by atoms with Crippen LogP contribution in [0.4, 0.5) is 8.78 Å². The molecule has 2 aliphatic carbocycles. The summed E-state index contributed by atoms with van der Waals surface area (Å²) in [5, 5.41) is 17.3. The van der Waals surface area contributed by atoms with Gasteiger partial charge >= 0.3 is 0 Å². The fourth-order valence-corrected chi connectivity index (χ4v) is 5.33. The van der Waals surface area contributed by atoms with Gasteiger partial charge in [0.05, 0.1) is 12.1 Å². The average molecular weight is 474 g/mol. The predicted molar refractivity (Wildman–Crippen MR) is 124 cm³/mol. The van der Waals surface area contributed by atoms with Crippen LogP contribution in [-0.2, 0) is 22.4 Å². The summed E-state index contributed by atoms with van der Waals surface area (Å²) in [6, 6.07) is 4.69. The number of hydrogen-bond acceptors (Lipinski definition) is 5. The number of nitrogens with zero attached hydrogens (tertiary/aromatic N) is 1. The zero-order chi connectivity index (χ0) is 24.3. The summed E-state index contributed by atoms with van der Waals surface area (Å²) >= 11 is 0. The van der Waals surface area contributed by atoms with Gasteiger partial charge < -0.3 is 20.5 Å². The third kappa shape index (κ3) is 5.79. The summed E-state index contributed by atoms with van der Waals surface area (Å²) < 4.78 is 32.3. The molecule has 34 heavy (non-hydrogen) atoms. The first kappa shape index (κ1) is 24.7. The van der Waals surface area contributed by atoms with Crippen LogP contribution in [-0.4, -0.2) is 48.4 Å². The second kappa shape index (κ2) is 10.5. The molecule has 1 saturated carbocycles. The molecule has 0 saturated heterocycles. The largest absolute Gasteiger partial charge is 0.390 e. The van der Waals surface area contributed by atoms with Crippen molar-refractivity contribution < 1.29 is 23.4 Å². The van der Waals surface area contributed by atoms with Crippen LogP contribution in [0.3, 0.4) is 0 Å². The SMILES string of the molecule is COCC(=O)N[C@@H](Cc1cc(F)cc(F)c1)[C@H](O)CN[C@H]1CC2(CCC2)Cc2ncc(C)cc21. The standard InChI is InChI=1S/C26H33F2N3O3/c1-16-6-20-22(29-13-16)11-26(4-3-5-26)12-23(20)30-14-24(32)21(31-25(33)15-34-2)9-17-7-18(27)10-19(28)8-17/h6-8,10,13,21,23-24,30,32H,3-5,9,11-12,14-15H2,1-2H3,(H,31,33)/t21-,23-,24+/m0/s1. The van der Waals surface area contributed by atoms with Crippen LogP contribution >= 0.6 is 0 Å². The van der Waals surface area contributed by atoms with E-state index in [0.717, 1.165) is 35.7 Å². The van der Waals surface area contributed by atoms with Gasteiger partial charge in [0.25, 0.3) is 0 Å². The van der Waals surface area contributed by atoms with E-state index in [1.54, 1.807) is 0 Å². The molecular weight excluding hydrogens is 440 g/mol. The molecule has 1 heterocycles. The highest BCUT2D eigenvalue weighted by Gasteiger charge is 2.44. The molecule has 1 aromatic heterocycles. The summed E-state index contributed by atoms with van der Waals surface area (Å²) in [5.74, 6) is -1.80. The maximum absolute atomic E-state index is 13.7. The number of fused-ring (bicyclic) bond motifs is 1. The third-order valence-corrected chi connectivity index (χ3v) is 7.15. The van der Waals surface area contributed by atoms with Crippen molar-refractivity contribution in [2.24, 2.45) is 5.41 Å². The van der Waals surface area contributed by atoms with E-state index in [4.69, 9.17) is 9.72 Å². The fraction of sp³-hybridized carbons (Fsp3) is 0.538. The molecule has 0 aliphatic heterocycles. The van der Waals surface area contributed by atoms with E-state index < -0.39 is 29.7 Å². The van der Waals surface area contributed by atoms with Crippen molar-refractivity contribution in [3.8, 4) is 0 Å². The van der Waals surface area contributed by atoms with Crippen molar-refractivity contribution in [2.45, 2.75) is 63.6 Å². The van der Waals surface area contributed by atoms with Crippen LogP contribution in [0.1, 0.15) is 54.1 Å². The zero-order valence-corrected chi connectivity index (χ0v) is 19.7. The van der Waals surface area contributed by atoms with Crippen LogP contribution in [0, 0.1) is 24.0 Å². The van der Waals surface area contributed by atoms with Crippen molar-refractivity contribution in [3.05, 3.63) is 64.5 Å². The minimum absolute atomic E-state index is 0.0491. The van der Waals surface area contributed by atoms with Gasteiger partial charge in [0, 0.05) is 37.7 Å². The second-order valence-corrected chi connectivity index (χ2v) is 9.90. The van der Waals surface area contributed by atoms with Crippen molar-refractivity contribution in [2.75, 3.05) is 20.3 Å². The lowest BCUT2D eigenvalue weighted by Gasteiger charge is -2.48. The van der Waals surface area contributed by atoms with Crippen LogP contribution in [0.5, 0.6) is 0 Å². The number of aliphatic hydroxyl groups is 1. The number of carbonyl (C=O) groups excluding carboxylic acids is 1. The number of aromatic nitrogens is 1. The number of hydrogen-bond donors (Lipinski definition) is 3. The van der Waals surface area contributed by atoms with E-state index in [1.165, 1.54) is 38.5 Å². The Morgan fingerprint density at radius 1 is 1.26 bits per heavy atom. The number of rotatable bonds is 9. The zero-order valence-electron chi connectivity index (χ0n) is 19.7. The Hall–Kier alpha value is -2.42. The number of aryl methyl sites for hydroxylation is 1. The summed E-state index contributed by atoms with van der Waals surface area (Å²) in [7, 11) is 1.40.